The summed E-state index contributed by atoms with van der Waals surface area (Å²) in [7, 11) is 1.59. The van der Waals surface area contributed by atoms with Gasteiger partial charge in [0.1, 0.15) is 24.7 Å². The second-order valence-electron chi connectivity index (χ2n) is 10.9. The number of nitrogens with zero attached hydrogens (tertiary/aromatic N) is 5. The average Bonchev–Trinajstić information content (AvgIpc) is 3.84. The van der Waals surface area contributed by atoms with Gasteiger partial charge in [-0.1, -0.05) is 84.7 Å². The number of fused-ring (bicyclic) bond motifs is 1. The molecule has 0 radical (unpaired) electrons. The molecule has 0 amide bonds. The number of benzene rings is 4. The highest BCUT2D eigenvalue weighted by Crippen LogP contribution is 2.29. The summed E-state index contributed by atoms with van der Waals surface area (Å²) in [5.41, 5.74) is 5.04. The van der Waals surface area contributed by atoms with Gasteiger partial charge in [-0.15, -0.1) is 5.10 Å². The third-order valence-corrected chi connectivity index (χ3v) is 8.55. The molecule has 3 heterocycles. The molecule has 9 nitrogen and oxygen atoms in total. The maximum Gasteiger partial charge on any atom is 0.291 e. The molecule has 7 rings (SSSR count). The van der Waals surface area contributed by atoms with Crippen LogP contribution in [0.3, 0.4) is 0 Å². The van der Waals surface area contributed by atoms with Crippen molar-refractivity contribution in [3.8, 4) is 34.2 Å². The molecule has 0 saturated heterocycles. The van der Waals surface area contributed by atoms with Crippen LogP contribution in [0.4, 0.5) is 0 Å². The normalized spacial score (nSPS) is 11.7. The molecule has 0 saturated carbocycles. The van der Waals surface area contributed by atoms with Gasteiger partial charge in [-0.05, 0) is 71.8 Å². The first-order valence-electron chi connectivity index (χ1n) is 15.5. The maximum atomic E-state index is 13.5. The van der Waals surface area contributed by atoms with Gasteiger partial charge in [-0.2, -0.15) is 14.6 Å². The summed E-state index contributed by atoms with van der Waals surface area (Å²) >= 11 is 1.28. The summed E-state index contributed by atoms with van der Waals surface area (Å²) in [5.74, 6) is 2.41. The topological polar surface area (TPSA) is 92.8 Å². The Morgan fingerprint density at radius 2 is 1.63 bits per heavy atom. The number of ether oxygens (including phenoxy) is 3. The standard InChI is InChI=1S/C39H31N5O4S/c1-3-22-47-33-20-14-27(23-34(33)46-2)15-21-36-40-39-44(41-36)38(45)35(49-39)24-30-25-43(31-12-8-5-9-13-31)42-37(30)29-16-18-32(19-17-29)48-26-28-10-6-4-7-11-28/h3-21,23-25H,1,22,26H2,2H3/b21-15+,35-24-. The van der Waals surface area contributed by atoms with Gasteiger partial charge in [0.2, 0.25) is 4.96 Å². The molecule has 0 unspecified atom stereocenters. The van der Waals surface area contributed by atoms with Crippen LogP contribution >= 0.6 is 11.3 Å². The van der Waals surface area contributed by atoms with Crippen molar-refractivity contribution in [2.24, 2.45) is 0 Å². The predicted octanol–water partition coefficient (Wildman–Crippen LogP) is 6.87. The van der Waals surface area contributed by atoms with Gasteiger partial charge in [0, 0.05) is 17.3 Å². The first-order valence-corrected chi connectivity index (χ1v) is 16.3. The van der Waals surface area contributed by atoms with E-state index in [4.69, 9.17) is 19.3 Å². The van der Waals surface area contributed by atoms with Crippen molar-refractivity contribution in [3.05, 3.63) is 159 Å². The van der Waals surface area contributed by atoms with Crippen LogP contribution in [0.1, 0.15) is 22.5 Å². The minimum Gasteiger partial charge on any atom is -0.493 e. The fraction of sp³-hybridized carbons (Fsp3) is 0.0769. The number of thiazole rings is 1. The SMILES string of the molecule is C=CCOc1ccc(/C=C/c2nc3s/c(=C\c4cn(-c5ccccc5)nc4-c4ccc(OCc5ccccc5)cc4)c(=O)n3n2)cc1OC. The van der Waals surface area contributed by atoms with Crippen LogP contribution in [0.5, 0.6) is 17.2 Å². The molecule has 0 fully saturated rings. The van der Waals surface area contributed by atoms with Crippen LogP contribution in [0, 0.1) is 0 Å². The lowest BCUT2D eigenvalue weighted by Gasteiger charge is -2.09. The number of methoxy groups -OCH3 is 1. The Morgan fingerprint density at radius 1 is 0.857 bits per heavy atom. The molecule has 0 aliphatic rings. The Morgan fingerprint density at radius 3 is 2.37 bits per heavy atom. The summed E-state index contributed by atoms with van der Waals surface area (Å²) in [6, 6.07) is 33.3. The zero-order chi connectivity index (χ0) is 33.6. The van der Waals surface area contributed by atoms with Crippen LogP contribution in [-0.4, -0.2) is 38.1 Å². The number of para-hydroxylation sites is 1. The summed E-state index contributed by atoms with van der Waals surface area (Å²) in [5, 5.41) is 9.39. The lowest BCUT2D eigenvalue weighted by molar-refractivity contribution is 0.306. The van der Waals surface area contributed by atoms with E-state index in [0.29, 0.717) is 40.0 Å². The van der Waals surface area contributed by atoms with Crippen LogP contribution in [0.2, 0.25) is 0 Å². The zero-order valence-corrected chi connectivity index (χ0v) is 27.4. The van der Waals surface area contributed by atoms with E-state index in [1.165, 1.54) is 15.9 Å². The van der Waals surface area contributed by atoms with Gasteiger partial charge >= 0.3 is 0 Å². The van der Waals surface area contributed by atoms with Gasteiger partial charge in [-0.25, -0.2) is 4.68 Å². The van der Waals surface area contributed by atoms with Crippen molar-refractivity contribution in [1.29, 1.82) is 0 Å². The van der Waals surface area contributed by atoms with E-state index in [0.717, 1.165) is 39.4 Å². The molecule has 0 N–H and O–H groups in total. The second kappa shape index (κ2) is 14.2. The molecule has 0 spiro atoms. The minimum atomic E-state index is -0.249. The van der Waals surface area contributed by atoms with Crippen molar-refractivity contribution in [2.75, 3.05) is 13.7 Å². The lowest BCUT2D eigenvalue weighted by Crippen LogP contribution is -2.23. The van der Waals surface area contributed by atoms with Gasteiger partial charge < -0.3 is 14.2 Å². The molecular weight excluding hydrogens is 635 g/mol. The van der Waals surface area contributed by atoms with Crippen molar-refractivity contribution in [1.82, 2.24) is 24.4 Å². The minimum absolute atomic E-state index is 0.249. The second-order valence-corrected chi connectivity index (χ2v) is 11.9. The molecule has 49 heavy (non-hydrogen) atoms. The van der Waals surface area contributed by atoms with E-state index in [2.05, 4.69) is 16.7 Å². The fourth-order valence-corrected chi connectivity index (χ4v) is 6.07. The Labute approximate surface area is 286 Å². The van der Waals surface area contributed by atoms with Crippen LogP contribution in [-0.2, 0) is 6.61 Å². The average molecular weight is 666 g/mol. The lowest BCUT2D eigenvalue weighted by atomic mass is 10.1. The summed E-state index contributed by atoms with van der Waals surface area (Å²) in [4.78, 5) is 18.6. The van der Waals surface area contributed by atoms with E-state index in [-0.39, 0.29) is 5.56 Å². The smallest absolute Gasteiger partial charge is 0.291 e. The summed E-state index contributed by atoms with van der Waals surface area (Å²) in [6.07, 6.45) is 9.07. The molecule has 0 atom stereocenters. The van der Waals surface area contributed by atoms with Crippen LogP contribution < -0.4 is 24.3 Å². The fourth-order valence-electron chi connectivity index (χ4n) is 5.17. The van der Waals surface area contributed by atoms with Crippen LogP contribution in [0.25, 0.3) is 40.1 Å². The molecule has 7 aromatic rings. The molecule has 3 aromatic heterocycles. The highest BCUT2D eigenvalue weighted by atomic mass is 32.1. The van der Waals surface area contributed by atoms with Crippen molar-refractivity contribution in [2.45, 2.75) is 6.61 Å². The number of hydrogen-bond acceptors (Lipinski definition) is 8. The number of aromatic nitrogens is 5. The molecule has 10 heteroatoms. The van der Waals surface area contributed by atoms with Gasteiger partial charge in [0.25, 0.3) is 5.56 Å². The maximum absolute atomic E-state index is 13.5. The molecule has 4 aromatic carbocycles. The molecule has 242 valence electrons. The van der Waals surface area contributed by atoms with E-state index >= 15 is 0 Å². The first-order chi connectivity index (χ1) is 24.1. The number of rotatable bonds is 12. The first kappa shape index (κ1) is 31.3. The van der Waals surface area contributed by atoms with E-state index in [9.17, 15) is 4.79 Å². The van der Waals surface area contributed by atoms with Gasteiger partial charge in [0.05, 0.1) is 17.3 Å². The molecule has 0 aliphatic heterocycles. The molecular formula is C39H31N5O4S. The van der Waals surface area contributed by atoms with Crippen LogP contribution in [0.15, 0.2) is 127 Å². The Kier molecular flexibility index (Phi) is 9.11. The Balaban J connectivity index is 1.17. The Hall–Kier alpha value is -6.26. The third kappa shape index (κ3) is 7.04. The largest absolute Gasteiger partial charge is 0.493 e. The van der Waals surface area contributed by atoms with Crippen molar-refractivity contribution >= 4 is 34.5 Å². The summed E-state index contributed by atoms with van der Waals surface area (Å²) < 4.78 is 20.7. The molecule has 0 bridgehead atoms. The molecule has 0 aliphatic carbocycles. The highest BCUT2D eigenvalue weighted by Gasteiger charge is 2.14. The van der Waals surface area contributed by atoms with Crippen molar-refractivity contribution in [3.63, 3.8) is 0 Å². The van der Waals surface area contributed by atoms with E-state index in [1.54, 1.807) is 19.3 Å². The predicted molar refractivity (Wildman–Crippen MR) is 193 cm³/mol. The van der Waals surface area contributed by atoms with E-state index in [1.807, 2.05) is 126 Å². The highest BCUT2D eigenvalue weighted by molar-refractivity contribution is 7.15. The van der Waals surface area contributed by atoms with Gasteiger partial charge in [-0.3, -0.25) is 4.79 Å². The van der Waals surface area contributed by atoms with Crippen molar-refractivity contribution < 1.29 is 14.2 Å². The monoisotopic (exact) mass is 665 g/mol. The number of hydrogen-bond donors (Lipinski definition) is 0. The zero-order valence-electron chi connectivity index (χ0n) is 26.6. The quantitative estimate of drug-likeness (QED) is 0.132. The third-order valence-electron chi connectivity index (χ3n) is 7.59. The van der Waals surface area contributed by atoms with Gasteiger partial charge in [0.15, 0.2) is 17.3 Å². The Bertz CT molecular complexity index is 2360. The summed E-state index contributed by atoms with van der Waals surface area (Å²) in [6.45, 7) is 4.54. The van der Waals surface area contributed by atoms with E-state index < -0.39 is 0 Å².